The van der Waals surface area contributed by atoms with Crippen LogP contribution in [0.5, 0.6) is 0 Å². The van der Waals surface area contributed by atoms with Crippen LogP contribution in [-0.2, 0) is 0 Å². The molecule has 0 fully saturated rings. The van der Waals surface area contributed by atoms with Crippen molar-refractivity contribution in [3.8, 4) is 0 Å². The number of hydrogen-bond donors (Lipinski definition) is 0. The minimum absolute atomic E-state index is 0. The van der Waals surface area contributed by atoms with E-state index in [9.17, 15) is 0 Å². The summed E-state index contributed by atoms with van der Waals surface area (Å²) in [6.07, 6.45) is 0. The summed E-state index contributed by atoms with van der Waals surface area (Å²) < 4.78 is 1.56. The molecule has 0 heterocycles. The van der Waals surface area contributed by atoms with Crippen LogP contribution in [0.15, 0.2) is 0 Å². The Morgan fingerprint density at radius 2 is 1.86 bits per heavy atom. The molecule has 0 aliphatic heterocycles. The third-order valence-electron chi connectivity index (χ3n) is 0.816. The molecule has 0 aromatic carbocycles. The summed E-state index contributed by atoms with van der Waals surface area (Å²) in [5.41, 5.74) is 0. The van der Waals surface area contributed by atoms with Gasteiger partial charge in [-0.1, -0.05) is 0 Å². The number of hydrogen-bond acceptors (Lipinski definition) is 0. The molecule has 0 aliphatic rings. The molecule has 0 aromatic rings. The second kappa shape index (κ2) is 3.76. The molecule has 0 unspecified atom stereocenters. The Balaban J connectivity index is 0. The van der Waals surface area contributed by atoms with Gasteiger partial charge in [-0.05, 0) is 0 Å². The summed E-state index contributed by atoms with van der Waals surface area (Å²) in [6.45, 7) is 4.63. The second-order valence-corrected chi connectivity index (χ2v) is 10.9. The monoisotopic (exact) mass is 208 g/mol. The molecule has 0 atom stereocenters. The molecule has 45 valence electrons. The van der Waals surface area contributed by atoms with Gasteiger partial charge in [0.2, 0.25) is 0 Å². The molecule has 0 aromatic heterocycles. The Labute approximate surface area is 55.5 Å². The van der Waals surface area contributed by atoms with Gasteiger partial charge in [0, 0.05) is 0 Å². The van der Waals surface area contributed by atoms with Gasteiger partial charge in [0.25, 0.3) is 0 Å². The van der Waals surface area contributed by atoms with E-state index >= 15 is 0 Å². The van der Waals surface area contributed by atoms with Crippen molar-refractivity contribution in [2.75, 3.05) is 0 Å². The zero-order valence-corrected chi connectivity index (χ0v) is 8.64. The largest absolute Gasteiger partial charge is 1.00 e. The molecular weight excluding hydrogens is 191 g/mol. The van der Waals surface area contributed by atoms with Crippen LogP contribution < -0.4 is 0 Å². The summed E-state index contributed by atoms with van der Waals surface area (Å²) in [5, 5.41) is 0. The number of rotatable bonds is 2. The SMILES string of the molecule is CC(C)[CH2][Sn]([CH3])[CH3].[H-]. The third-order valence-corrected chi connectivity index (χ3v) is 5.48. The van der Waals surface area contributed by atoms with E-state index in [0.29, 0.717) is 0 Å². The summed E-state index contributed by atoms with van der Waals surface area (Å²) in [5.74, 6) is 0.962. The Morgan fingerprint density at radius 1 is 1.43 bits per heavy atom. The van der Waals surface area contributed by atoms with E-state index in [1.54, 1.807) is 4.44 Å². The van der Waals surface area contributed by atoms with Gasteiger partial charge in [-0.2, -0.15) is 0 Å². The minimum Gasteiger partial charge on any atom is -1.00 e. The van der Waals surface area contributed by atoms with Crippen LogP contribution in [-0.4, -0.2) is 19.8 Å². The van der Waals surface area contributed by atoms with Gasteiger partial charge in [0.05, 0.1) is 0 Å². The average Bonchev–Trinajstić information content (AvgIpc) is 1.27. The van der Waals surface area contributed by atoms with Crippen LogP contribution in [0.3, 0.4) is 0 Å². The molecule has 0 nitrogen and oxygen atoms in total. The molecule has 0 saturated heterocycles. The Bertz CT molecular complexity index is 37.8. The normalized spacial score (nSPS) is 11.1. The van der Waals surface area contributed by atoms with Crippen molar-refractivity contribution in [1.82, 2.24) is 0 Å². The predicted molar refractivity (Wildman–Crippen MR) is 38.2 cm³/mol. The maximum Gasteiger partial charge on any atom is -1.00 e. The third kappa shape index (κ3) is 6.80. The van der Waals surface area contributed by atoms with Gasteiger partial charge in [-0.25, -0.2) is 0 Å². The fourth-order valence-electron chi connectivity index (χ4n) is 0.816. The molecule has 0 bridgehead atoms. The molecule has 0 spiro atoms. The summed E-state index contributed by atoms with van der Waals surface area (Å²) >= 11 is -0.687. The first-order valence-electron chi connectivity index (χ1n) is 2.92. The maximum absolute atomic E-state index is 2.46. The quantitative estimate of drug-likeness (QED) is 0.610. The van der Waals surface area contributed by atoms with Gasteiger partial charge in [-0.3, -0.25) is 0 Å². The molecular formula is C6H16Sn-. The molecule has 0 aliphatic carbocycles. The van der Waals surface area contributed by atoms with Gasteiger partial charge in [0.15, 0.2) is 0 Å². The van der Waals surface area contributed by atoms with Crippen molar-refractivity contribution < 1.29 is 1.43 Å². The van der Waals surface area contributed by atoms with Crippen molar-refractivity contribution in [2.45, 2.75) is 28.2 Å². The van der Waals surface area contributed by atoms with E-state index < -0.39 is 19.8 Å². The van der Waals surface area contributed by atoms with E-state index in [1.165, 1.54) is 0 Å². The van der Waals surface area contributed by atoms with Crippen molar-refractivity contribution >= 4 is 19.8 Å². The molecule has 1 radical (unpaired) electrons. The minimum atomic E-state index is -0.687. The van der Waals surface area contributed by atoms with Gasteiger partial charge >= 0.3 is 53.8 Å². The van der Waals surface area contributed by atoms with Crippen molar-refractivity contribution in [3.63, 3.8) is 0 Å². The Hall–Kier alpha value is 0.799. The Morgan fingerprint density at radius 3 is 1.86 bits per heavy atom. The maximum atomic E-state index is 2.46. The summed E-state index contributed by atoms with van der Waals surface area (Å²) in [7, 11) is 0. The van der Waals surface area contributed by atoms with Crippen LogP contribution >= 0.6 is 0 Å². The van der Waals surface area contributed by atoms with E-state index in [-0.39, 0.29) is 1.43 Å². The zero-order valence-electron chi connectivity index (χ0n) is 6.78. The van der Waals surface area contributed by atoms with Gasteiger partial charge in [-0.15, -0.1) is 0 Å². The van der Waals surface area contributed by atoms with E-state index in [4.69, 9.17) is 0 Å². The van der Waals surface area contributed by atoms with Crippen molar-refractivity contribution in [2.24, 2.45) is 5.92 Å². The zero-order chi connectivity index (χ0) is 5.86. The van der Waals surface area contributed by atoms with Gasteiger partial charge in [0.1, 0.15) is 0 Å². The summed E-state index contributed by atoms with van der Waals surface area (Å²) in [6, 6.07) is 0. The van der Waals surface area contributed by atoms with E-state index in [2.05, 4.69) is 23.7 Å². The second-order valence-electron chi connectivity index (χ2n) is 2.81. The van der Waals surface area contributed by atoms with Crippen molar-refractivity contribution in [3.05, 3.63) is 0 Å². The standard InChI is InChI=1S/C4H9.2CH3.Sn.H/c1-4(2)3;;;;/h4H,1H2,2-3H3;2*1H3;;/q;;;;-1. The molecule has 7 heavy (non-hydrogen) atoms. The smallest absolute Gasteiger partial charge is 1.00 e. The molecule has 0 saturated carbocycles. The average molecular weight is 207 g/mol. The van der Waals surface area contributed by atoms with Crippen LogP contribution in [0, 0.1) is 5.92 Å². The fraction of sp³-hybridized carbons (Fsp3) is 1.00. The first-order valence-corrected chi connectivity index (χ1v) is 10.6. The van der Waals surface area contributed by atoms with Crippen LogP contribution in [0.2, 0.25) is 14.3 Å². The Kier molecular flexibility index (Phi) is 4.19. The molecule has 0 amide bonds. The topological polar surface area (TPSA) is 0 Å². The fourth-order valence-corrected chi connectivity index (χ4v) is 5.48. The van der Waals surface area contributed by atoms with Crippen LogP contribution in [0.4, 0.5) is 0 Å². The molecule has 1 heteroatoms. The van der Waals surface area contributed by atoms with Gasteiger partial charge < -0.3 is 1.43 Å². The van der Waals surface area contributed by atoms with E-state index in [1.807, 2.05) is 0 Å². The molecule has 0 rings (SSSR count). The molecule has 0 N–H and O–H groups in total. The van der Waals surface area contributed by atoms with Crippen molar-refractivity contribution in [1.29, 1.82) is 0 Å². The first kappa shape index (κ1) is 7.80. The predicted octanol–water partition coefficient (Wildman–Crippen LogP) is 2.51. The summed E-state index contributed by atoms with van der Waals surface area (Å²) in [4.78, 5) is 4.92. The van der Waals surface area contributed by atoms with E-state index in [0.717, 1.165) is 5.92 Å². The first-order chi connectivity index (χ1) is 3.13. The van der Waals surface area contributed by atoms with Crippen LogP contribution in [0.1, 0.15) is 15.3 Å². The van der Waals surface area contributed by atoms with Crippen LogP contribution in [0.25, 0.3) is 0 Å².